The normalized spacial score (nSPS) is 26.8. The molecule has 1 aromatic carbocycles. The molecule has 0 spiro atoms. The highest BCUT2D eigenvalue weighted by Gasteiger charge is 2.32. The molecule has 1 aromatic rings. The molecule has 1 aliphatic rings. The van der Waals surface area contributed by atoms with Crippen LogP contribution in [0.25, 0.3) is 0 Å². The van der Waals surface area contributed by atoms with Gasteiger partial charge in [-0.1, -0.05) is 12.1 Å². The highest BCUT2D eigenvalue weighted by atomic mass is 16.6. The van der Waals surface area contributed by atoms with E-state index in [1.807, 2.05) is 24.3 Å². The number of hydrogen-bond donors (Lipinski definition) is 1. The van der Waals surface area contributed by atoms with E-state index < -0.39 is 12.2 Å². The van der Waals surface area contributed by atoms with Crippen molar-refractivity contribution in [2.75, 3.05) is 13.7 Å². The van der Waals surface area contributed by atoms with Crippen LogP contribution >= 0.6 is 0 Å². The van der Waals surface area contributed by atoms with Crippen LogP contribution in [0.15, 0.2) is 24.3 Å². The molecule has 1 heterocycles. The first-order chi connectivity index (χ1) is 9.10. The summed E-state index contributed by atoms with van der Waals surface area (Å²) >= 11 is 0. The molecule has 1 saturated heterocycles. The molecule has 2 rings (SSSR count). The second kappa shape index (κ2) is 6.04. The summed E-state index contributed by atoms with van der Waals surface area (Å²) in [5.41, 5.74) is 0.977. The fourth-order valence-electron chi connectivity index (χ4n) is 2.15. The fourth-order valence-corrected chi connectivity index (χ4v) is 2.15. The lowest BCUT2D eigenvalue weighted by Crippen LogP contribution is -2.40. The third kappa shape index (κ3) is 3.45. The SMILES string of the molecule is COc1ccc([C@H]2C[C@H](OC(C)=O)[C@@H](O)CO2)cc1. The predicted molar refractivity (Wildman–Crippen MR) is 67.9 cm³/mol. The molecule has 0 amide bonds. The summed E-state index contributed by atoms with van der Waals surface area (Å²) in [5, 5.41) is 9.74. The van der Waals surface area contributed by atoms with E-state index in [0.717, 1.165) is 11.3 Å². The number of hydrogen-bond acceptors (Lipinski definition) is 5. The highest BCUT2D eigenvalue weighted by Crippen LogP contribution is 2.30. The molecule has 0 bridgehead atoms. The van der Waals surface area contributed by atoms with E-state index in [1.165, 1.54) is 6.92 Å². The van der Waals surface area contributed by atoms with E-state index in [4.69, 9.17) is 14.2 Å². The molecule has 1 aliphatic heterocycles. The molecule has 1 fully saturated rings. The van der Waals surface area contributed by atoms with Gasteiger partial charge in [-0.3, -0.25) is 4.79 Å². The number of aliphatic hydroxyl groups excluding tert-OH is 1. The van der Waals surface area contributed by atoms with Crippen molar-refractivity contribution < 1.29 is 24.1 Å². The first-order valence-electron chi connectivity index (χ1n) is 6.21. The molecule has 3 atom stereocenters. The first-order valence-corrected chi connectivity index (χ1v) is 6.21. The quantitative estimate of drug-likeness (QED) is 0.839. The minimum absolute atomic E-state index is 0.161. The highest BCUT2D eigenvalue weighted by molar-refractivity contribution is 5.66. The van der Waals surface area contributed by atoms with Crippen LogP contribution in [0.4, 0.5) is 0 Å². The third-order valence-corrected chi connectivity index (χ3v) is 3.15. The van der Waals surface area contributed by atoms with Crippen molar-refractivity contribution >= 4 is 5.97 Å². The van der Waals surface area contributed by atoms with Crippen molar-refractivity contribution in [3.8, 4) is 5.75 Å². The lowest BCUT2D eigenvalue weighted by Gasteiger charge is -2.33. The Labute approximate surface area is 112 Å². The van der Waals surface area contributed by atoms with Crippen molar-refractivity contribution in [3.63, 3.8) is 0 Å². The zero-order valence-electron chi connectivity index (χ0n) is 11.0. The molecular weight excluding hydrogens is 248 g/mol. The number of carbonyl (C=O) groups excluding carboxylic acids is 1. The van der Waals surface area contributed by atoms with Crippen LogP contribution in [0.2, 0.25) is 0 Å². The average molecular weight is 266 g/mol. The second-order valence-corrected chi connectivity index (χ2v) is 4.55. The fraction of sp³-hybridized carbons (Fsp3) is 0.500. The lowest BCUT2D eigenvalue weighted by atomic mass is 9.97. The summed E-state index contributed by atoms with van der Waals surface area (Å²) in [6, 6.07) is 7.52. The van der Waals surface area contributed by atoms with Gasteiger partial charge in [-0.25, -0.2) is 0 Å². The number of methoxy groups -OCH3 is 1. The van der Waals surface area contributed by atoms with Crippen LogP contribution in [-0.4, -0.2) is 37.0 Å². The maximum absolute atomic E-state index is 11.0. The standard InChI is InChI=1S/C14H18O5/c1-9(15)19-14-7-13(18-8-12(14)16)10-3-5-11(17-2)6-4-10/h3-6,12-14,16H,7-8H2,1-2H3/t12-,13+,14-/m0/s1. The largest absolute Gasteiger partial charge is 0.497 e. The number of aliphatic hydroxyl groups is 1. The van der Waals surface area contributed by atoms with Crippen LogP contribution in [0.5, 0.6) is 5.75 Å². The van der Waals surface area contributed by atoms with E-state index in [2.05, 4.69) is 0 Å². The Bertz CT molecular complexity index is 428. The van der Waals surface area contributed by atoms with Crippen LogP contribution in [0.3, 0.4) is 0 Å². The Balaban J connectivity index is 2.05. The molecule has 104 valence electrons. The molecule has 0 aromatic heterocycles. The summed E-state index contributed by atoms with van der Waals surface area (Å²) in [7, 11) is 1.61. The molecule has 0 radical (unpaired) electrons. The van der Waals surface area contributed by atoms with Gasteiger partial charge in [0.15, 0.2) is 0 Å². The van der Waals surface area contributed by atoms with Gasteiger partial charge < -0.3 is 19.3 Å². The van der Waals surface area contributed by atoms with Gasteiger partial charge in [-0.15, -0.1) is 0 Å². The Morgan fingerprint density at radius 3 is 2.63 bits per heavy atom. The van der Waals surface area contributed by atoms with E-state index in [9.17, 15) is 9.90 Å². The summed E-state index contributed by atoms with van der Waals surface area (Å²) in [6.45, 7) is 1.50. The number of esters is 1. The monoisotopic (exact) mass is 266 g/mol. The third-order valence-electron chi connectivity index (χ3n) is 3.15. The van der Waals surface area contributed by atoms with Gasteiger partial charge in [0.05, 0.1) is 19.8 Å². The molecule has 5 heteroatoms. The molecule has 0 aliphatic carbocycles. The zero-order valence-corrected chi connectivity index (χ0v) is 11.0. The first kappa shape index (κ1) is 13.8. The van der Waals surface area contributed by atoms with Crippen molar-refractivity contribution in [1.82, 2.24) is 0 Å². The lowest BCUT2D eigenvalue weighted by molar-refractivity contribution is -0.171. The Morgan fingerprint density at radius 2 is 2.05 bits per heavy atom. The maximum Gasteiger partial charge on any atom is 0.302 e. The van der Waals surface area contributed by atoms with Gasteiger partial charge >= 0.3 is 5.97 Å². The summed E-state index contributed by atoms with van der Waals surface area (Å²) < 4.78 is 15.8. The number of carbonyl (C=O) groups is 1. The van der Waals surface area contributed by atoms with Crippen molar-refractivity contribution in [2.45, 2.75) is 31.7 Å². The van der Waals surface area contributed by atoms with Crippen molar-refractivity contribution in [1.29, 1.82) is 0 Å². The second-order valence-electron chi connectivity index (χ2n) is 4.55. The smallest absolute Gasteiger partial charge is 0.302 e. The summed E-state index contributed by atoms with van der Waals surface area (Å²) in [6.07, 6.45) is -1.01. The Morgan fingerprint density at radius 1 is 1.37 bits per heavy atom. The predicted octanol–water partition coefficient (Wildman–Crippen LogP) is 1.45. The number of ether oxygens (including phenoxy) is 3. The topological polar surface area (TPSA) is 65.0 Å². The van der Waals surface area contributed by atoms with Gasteiger partial charge in [0.2, 0.25) is 0 Å². The average Bonchev–Trinajstić information content (AvgIpc) is 2.41. The molecule has 1 N–H and O–H groups in total. The molecule has 19 heavy (non-hydrogen) atoms. The molecule has 0 saturated carbocycles. The van der Waals surface area contributed by atoms with Crippen LogP contribution in [-0.2, 0) is 14.3 Å². The van der Waals surface area contributed by atoms with Gasteiger partial charge in [-0.2, -0.15) is 0 Å². The zero-order chi connectivity index (χ0) is 13.8. The van der Waals surface area contributed by atoms with E-state index in [1.54, 1.807) is 7.11 Å². The van der Waals surface area contributed by atoms with Gasteiger partial charge in [-0.05, 0) is 17.7 Å². The van der Waals surface area contributed by atoms with E-state index in [0.29, 0.717) is 6.42 Å². The number of benzene rings is 1. The molecule has 5 nitrogen and oxygen atoms in total. The number of rotatable bonds is 3. The Kier molecular flexibility index (Phi) is 4.39. The van der Waals surface area contributed by atoms with Crippen LogP contribution in [0.1, 0.15) is 25.0 Å². The van der Waals surface area contributed by atoms with E-state index >= 15 is 0 Å². The molecule has 0 unspecified atom stereocenters. The van der Waals surface area contributed by atoms with Gasteiger partial charge in [0, 0.05) is 13.3 Å². The van der Waals surface area contributed by atoms with Gasteiger partial charge in [0.25, 0.3) is 0 Å². The molecular formula is C14H18O5. The maximum atomic E-state index is 11.0. The van der Waals surface area contributed by atoms with E-state index in [-0.39, 0.29) is 18.7 Å². The van der Waals surface area contributed by atoms with Gasteiger partial charge in [0.1, 0.15) is 18.0 Å². The van der Waals surface area contributed by atoms with Crippen molar-refractivity contribution in [2.24, 2.45) is 0 Å². The summed E-state index contributed by atoms with van der Waals surface area (Å²) in [4.78, 5) is 11.0. The van der Waals surface area contributed by atoms with Crippen molar-refractivity contribution in [3.05, 3.63) is 29.8 Å². The van der Waals surface area contributed by atoms with Crippen LogP contribution in [0, 0.1) is 0 Å². The minimum atomic E-state index is -0.765. The Hall–Kier alpha value is -1.59. The summed E-state index contributed by atoms with van der Waals surface area (Å²) in [5.74, 6) is 0.385. The van der Waals surface area contributed by atoms with Crippen LogP contribution < -0.4 is 4.74 Å². The minimum Gasteiger partial charge on any atom is -0.497 e.